The van der Waals surface area contributed by atoms with Gasteiger partial charge in [-0.3, -0.25) is 14.4 Å². The number of rotatable bonds is 57. The van der Waals surface area contributed by atoms with Gasteiger partial charge in [0.25, 0.3) is 0 Å². The number of carbonyl (C=O) groups excluding carboxylic acids is 3. The summed E-state index contributed by atoms with van der Waals surface area (Å²) in [5.74, 6) is -0.940. The molecular weight excluding hydrogens is 925 g/mol. The van der Waals surface area contributed by atoms with E-state index in [4.69, 9.17) is 14.2 Å². The Morgan fingerprint density at radius 3 is 0.853 bits per heavy atom. The molecule has 75 heavy (non-hydrogen) atoms. The molecule has 0 aromatic rings. The van der Waals surface area contributed by atoms with Gasteiger partial charge in [0.15, 0.2) is 6.10 Å². The first-order chi connectivity index (χ1) is 37.0. The average Bonchev–Trinajstić information content (AvgIpc) is 3.41. The molecule has 6 nitrogen and oxygen atoms in total. The molecule has 0 aliphatic heterocycles. The molecule has 0 saturated heterocycles. The quantitative estimate of drug-likeness (QED) is 0.0261. The molecular formula is C69H118O6. The zero-order valence-corrected chi connectivity index (χ0v) is 49.3. The maximum Gasteiger partial charge on any atom is 0.306 e. The first-order valence-corrected chi connectivity index (χ1v) is 31.7. The normalized spacial score (nSPS) is 12.7. The number of unbranched alkanes of at least 4 members (excludes halogenated alkanes) is 30. The van der Waals surface area contributed by atoms with Gasteiger partial charge in [-0.25, -0.2) is 0 Å². The molecule has 0 radical (unpaired) electrons. The Hall–Kier alpha value is -3.67. The van der Waals surface area contributed by atoms with Crippen LogP contribution in [0.5, 0.6) is 0 Å². The smallest absolute Gasteiger partial charge is 0.306 e. The van der Waals surface area contributed by atoms with Gasteiger partial charge in [-0.15, -0.1) is 0 Å². The Morgan fingerprint density at radius 2 is 0.520 bits per heavy atom. The third-order valence-corrected chi connectivity index (χ3v) is 13.6. The van der Waals surface area contributed by atoms with Crippen LogP contribution in [0.1, 0.15) is 303 Å². The van der Waals surface area contributed by atoms with Crippen LogP contribution in [0.15, 0.2) is 97.2 Å². The van der Waals surface area contributed by atoms with Gasteiger partial charge in [0.1, 0.15) is 13.2 Å². The molecule has 0 bridgehead atoms. The number of hydrogen-bond donors (Lipinski definition) is 0. The van der Waals surface area contributed by atoms with Crippen LogP contribution in [0.3, 0.4) is 0 Å². The van der Waals surface area contributed by atoms with E-state index in [-0.39, 0.29) is 31.1 Å². The van der Waals surface area contributed by atoms with Crippen LogP contribution in [0.4, 0.5) is 0 Å². The molecule has 0 aromatic heterocycles. The molecule has 6 heteroatoms. The van der Waals surface area contributed by atoms with Gasteiger partial charge in [0.2, 0.25) is 0 Å². The van der Waals surface area contributed by atoms with Crippen LogP contribution >= 0.6 is 0 Å². The molecule has 0 saturated carbocycles. The fourth-order valence-corrected chi connectivity index (χ4v) is 8.86. The van der Waals surface area contributed by atoms with E-state index in [1.165, 1.54) is 154 Å². The monoisotopic (exact) mass is 1040 g/mol. The number of ether oxygens (including phenoxy) is 3. The standard InChI is InChI=1S/C69H118O6/c1-4-7-10-13-16-19-22-25-28-30-31-32-33-34-35-36-37-39-41-44-47-50-53-56-59-62-68(71)74-65-66(64-73-67(70)61-58-55-52-49-46-43-40-27-24-21-18-15-12-9-6-3)75-69(72)63-60-57-54-51-48-45-42-38-29-26-23-20-17-14-11-8-5-2/h8-9,11-12,17-18,20-21,26-27,29-31,40,46,49,66H,4-7,10,13-16,19,22-25,28,32-39,41-45,47-48,50-65H2,1-3H3/b11-8-,12-9-,20-17-,21-18-,29-26-,31-30-,40-27-,49-46-. The molecule has 1 atom stereocenters. The summed E-state index contributed by atoms with van der Waals surface area (Å²) >= 11 is 0. The van der Waals surface area contributed by atoms with E-state index in [2.05, 4.69) is 118 Å². The summed E-state index contributed by atoms with van der Waals surface area (Å²) in [4.78, 5) is 38.3. The highest BCUT2D eigenvalue weighted by Gasteiger charge is 2.19. The SMILES string of the molecule is CC/C=C\C/C=C\C/C=C\C/C=C\CCCCC(=O)OCC(COC(=O)CCCCCCCCCCCCCCC/C=C\CCCCCCCCCC)OC(=O)CCCCCCCCC/C=C\C/C=C\C/C=C\CC. The van der Waals surface area contributed by atoms with E-state index in [9.17, 15) is 14.4 Å². The molecule has 1 unspecified atom stereocenters. The molecule has 0 amide bonds. The number of hydrogen-bond acceptors (Lipinski definition) is 6. The van der Waals surface area contributed by atoms with Crippen molar-refractivity contribution < 1.29 is 28.6 Å². The summed E-state index contributed by atoms with van der Waals surface area (Å²) in [7, 11) is 0. The molecule has 0 aliphatic rings. The van der Waals surface area contributed by atoms with Crippen molar-refractivity contribution in [1.82, 2.24) is 0 Å². The van der Waals surface area contributed by atoms with Gasteiger partial charge in [-0.2, -0.15) is 0 Å². The minimum Gasteiger partial charge on any atom is -0.462 e. The van der Waals surface area contributed by atoms with Crippen LogP contribution in [0, 0.1) is 0 Å². The Labute approximate surface area is 464 Å². The van der Waals surface area contributed by atoms with Crippen molar-refractivity contribution in [2.75, 3.05) is 13.2 Å². The Morgan fingerprint density at radius 1 is 0.280 bits per heavy atom. The zero-order chi connectivity index (χ0) is 54.3. The van der Waals surface area contributed by atoms with Crippen molar-refractivity contribution in [3.8, 4) is 0 Å². The summed E-state index contributed by atoms with van der Waals surface area (Å²) in [5, 5.41) is 0. The van der Waals surface area contributed by atoms with E-state index >= 15 is 0 Å². The van der Waals surface area contributed by atoms with Crippen LogP contribution in [0.25, 0.3) is 0 Å². The highest BCUT2D eigenvalue weighted by atomic mass is 16.6. The van der Waals surface area contributed by atoms with Gasteiger partial charge in [-0.1, -0.05) is 266 Å². The minimum absolute atomic E-state index is 0.0942. The zero-order valence-electron chi connectivity index (χ0n) is 49.3. The highest BCUT2D eigenvalue weighted by Crippen LogP contribution is 2.16. The molecule has 0 fully saturated rings. The Bertz CT molecular complexity index is 1480. The van der Waals surface area contributed by atoms with Gasteiger partial charge in [0, 0.05) is 19.3 Å². The van der Waals surface area contributed by atoms with Crippen molar-refractivity contribution >= 4 is 17.9 Å². The first-order valence-electron chi connectivity index (χ1n) is 31.7. The maximum absolute atomic E-state index is 12.9. The van der Waals surface area contributed by atoms with Crippen molar-refractivity contribution in [2.24, 2.45) is 0 Å². The van der Waals surface area contributed by atoms with Crippen molar-refractivity contribution in [3.63, 3.8) is 0 Å². The molecule has 0 N–H and O–H groups in total. The fraction of sp³-hybridized carbons (Fsp3) is 0.725. The lowest BCUT2D eigenvalue weighted by molar-refractivity contribution is -0.167. The third kappa shape index (κ3) is 61.1. The first kappa shape index (κ1) is 71.3. The molecule has 0 aliphatic carbocycles. The van der Waals surface area contributed by atoms with Gasteiger partial charge >= 0.3 is 17.9 Å². The van der Waals surface area contributed by atoms with Crippen molar-refractivity contribution in [1.29, 1.82) is 0 Å². The molecule has 0 aromatic carbocycles. The maximum atomic E-state index is 12.9. The largest absolute Gasteiger partial charge is 0.462 e. The summed E-state index contributed by atoms with van der Waals surface area (Å²) < 4.78 is 16.9. The van der Waals surface area contributed by atoms with E-state index in [0.717, 1.165) is 109 Å². The fourth-order valence-electron chi connectivity index (χ4n) is 8.86. The molecule has 0 spiro atoms. The predicted molar refractivity (Wildman–Crippen MR) is 325 cm³/mol. The second-order valence-corrected chi connectivity index (χ2v) is 20.9. The number of esters is 3. The van der Waals surface area contributed by atoms with Crippen LogP contribution in [0.2, 0.25) is 0 Å². The van der Waals surface area contributed by atoms with E-state index in [0.29, 0.717) is 19.3 Å². The predicted octanol–water partition coefficient (Wildman–Crippen LogP) is 21.7. The summed E-state index contributed by atoms with van der Waals surface area (Å²) in [6.45, 7) is 6.40. The molecule has 0 rings (SSSR count). The van der Waals surface area contributed by atoms with Crippen molar-refractivity contribution in [2.45, 2.75) is 309 Å². The van der Waals surface area contributed by atoms with Gasteiger partial charge in [-0.05, 0) is 116 Å². The van der Waals surface area contributed by atoms with Crippen molar-refractivity contribution in [3.05, 3.63) is 97.2 Å². The van der Waals surface area contributed by atoms with Crippen LogP contribution in [-0.4, -0.2) is 37.2 Å². The van der Waals surface area contributed by atoms with E-state index in [1.54, 1.807) is 0 Å². The van der Waals surface area contributed by atoms with E-state index < -0.39 is 6.10 Å². The lowest BCUT2D eigenvalue weighted by Gasteiger charge is -2.18. The molecule has 0 heterocycles. The average molecular weight is 1040 g/mol. The highest BCUT2D eigenvalue weighted by molar-refractivity contribution is 5.71. The summed E-state index contributed by atoms with van der Waals surface area (Å²) in [6, 6.07) is 0. The van der Waals surface area contributed by atoms with Gasteiger partial charge in [0.05, 0.1) is 0 Å². The number of carbonyl (C=O) groups is 3. The second-order valence-electron chi connectivity index (χ2n) is 20.9. The third-order valence-electron chi connectivity index (χ3n) is 13.6. The Balaban J connectivity index is 4.35. The topological polar surface area (TPSA) is 78.9 Å². The van der Waals surface area contributed by atoms with Gasteiger partial charge < -0.3 is 14.2 Å². The van der Waals surface area contributed by atoms with E-state index in [1.807, 2.05) is 0 Å². The lowest BCUT2D eigenvalue weighted by atomic mass is 10.0. The van der Waals surface area contributed by atoms with Crippen LogP contribution in [-0.2, 0) is 28.6 Å². The number of allylic oxidation sites excluding steroid dienone is 16. The molecule has 430 valence electrons. The Kier molecular flexibility index (Phi) is 59.8. The van der Waals surface area contributed by atoms with Crippen LogP contribution < -0.4 is 0 Å². The summed E-state index contributed by atoms with van der Waals surface area (Å²) in [5.41, 5.74) is 0. The lowest BCUT2D eigenvalue weighted by Crippen LogP contribution is -2.30. The minimum atomic E-state index is -0.802. The summed E-state index contributed by atoms with van der Waals surface area (Å²) in [6.07, 6.45) is 84.2. The second kappa shape index (κ2) is 62.9.